The highest BCUT2D eigenvalue weighted by Crippen LogP contribution is 2.40. The van der Waals surface area contributed by atoms with E-state index in [2.05, 4.69) is 59.3 Å². The van der Waals surface area contributed by atoms with E-state index in [1.165, 1.54) is 5.57 Å². The van der Waals surface area contributed by atoms with Gasteiger partial charge in [-0.15, -0.1) is 0 Å². The van der Waals surface area contributed by atoms with E-state index >= 15 is 0 Å². The summed E-state index contributed by atoms with van der Waals surface area (Å²) in [7, 11) is 0. The number of rotatable bonds is 4. The number of aliphatic imine (C=N–C) groups is 1. The molecule has 0 atom stereocenters. The molecule has 0 saturated heterocycles. The van der Waals surface area contributed by atoms with E-state index in [-0.39, 0.29) is 11.0 Å². The molecule has 0 aromatic carbocycles. The van der Waals surface area contributed by atoms with Gasteiger partial charge >= 0.3 is 0 Å². The van der Waals surface area contributed by atoms with E-state index in [0.717, 1.165) is 6.42 Å². The van der Waals surface area contributed by atoms with Crippen LogP contribution in [0.25, 0.3) is 0 Å². The quantitative estimate of drug-likeness (QED) is 0.461. The molecule has 1 nitrogen and oxygen atoms in total. The molecule has 0 amide bonds. The van der Waals surface area contributed by atoms with Gasteiger partial charge in [0.05, 0.1) is 5.54 Å². The topological polar surface area (TPSA) is 12.4 Å². The number of hydrogen-bond acceptors (Lipinski definition) is 1. The van der Waals surface area contributed by atoms with Crippen molar-refractivity contribution in [2.24, 2.45) is 10.4 Å². The van der Waals surface area contributed by atoms with Crippen LogP contribution in [0.3, 0.4) is 0 Å². The summed E-state index contributed by atoms with van der Waals surface area (Å²) in [6.45, 7) is 16.7. The Morgan fingerprint density at radius 2 is 1.77 bits per heavy atom. The van der Waals surface area contributed by atoms with Gasteiger partial charge in [0.1, 0.15) is 0 Å². The smallest absolute Gasteiger partial charge is 0.0632 e. The third-order valence-electron chi connectivity index (χ3n) is 3.42. The predicted octanol–water partition coefficient (Wildman–Crippen LogP) is 3.85. The number of allylic oxidation sites excluding steroid dienone is 1. The van der Waals surface area contributed by atoms with Gasteiger partial charge in [-0.1, -0.05) is 32.4 Å². The summed E-state index contributed by atoms with van der Waals surface area (Å²) in [5.41, 5.74) is 1.39. The molecule has 0 aliphatic carbocycles. The van der Waals surface area contributed by atoms with Crippen molar-refractivity contribution >= 4 is 6.72 Å². The zero-order valence-electron chi connectivity index (χ0n) is 9.94. The molecule has 0 heterocycles. The molecule has 13 heavy (non-hydrogen) atoms. The summed E-state index contributed by atoms with van der Waals surface area (Å²) in [6, 6.07) is 0. The molecule has 1 heteroatoms. The van der Waals surface area contributed by atoms with E-state index in [4.69, 9.17) is 0 Å². The van der Waals surface area contributed by atoms with Crippen molar-refractivity contribution in [1.29, 1.82) is 0 Å². The largest absolute Gasteiger partial charge is 0.294 e. The van der Waals surface area contributed by atoms with E-state index in [1.54, 1.807) is 0 Å². The number of hydrogen-bond donors (Lipinski definition) is 0. The van der Waals surface area contributed by atoms with Gasteiger partial charge in [0.15, 0.2) is 0 Å². The van der Waals surface area contributed by atoms with Crippen molar-refractivity contribution in [3.05, 3.63) is 11.6 Å². The average molecular weight is 181 g/mol. The van der Waals surface area contributed by atoms with Gasteiger partial charge in [-0.25, -0.2) is 0 Å². The van der Waals surface area contributed by atoms with Gasteiger partial charge in [-0.3, -0.25) is 4.99 Å². The van der Waals surface area contributed by atoms with Crippen LogP contribution in [-0.4, -0.2) is 12.3 Å². The van der Waals surface area contributed by atoms with Crippen molar-refractivity contribution in [3.63, 3.8) is 0 Å². The van der Waals surface area contributed by atoms with Gasteiger partial charge in [-0.05, 0) is 33.9 Å². The Balaban J connectivity index is 4.95. The maximum atomic E-state index is 4.20. The SMILES string of the molecule is C=NC(C)(C)C(C)(C)/C(C)=C/CC. The molecule has 0 aromatic heterocycles. The molecule has 0 rings (SSSR count). The molecule has 0 saturated carbocycles. The first-order chi connectivity index (χ1) is 5.79. The van der Waals surface area contributed by atoms with Crippen molar-refractivity contribution in [3.8, 4) is 0 Å². The highest BCUT2D eigenvalue weighted by molar-refractivity contribution is 5.29. The maximum Gasteiger partial charge on any atom is 0.0632 e. The summed E-state index contributed by atoms with van der Waals surface area (Å²) in [4.78, 5) is 4.20. The molecule has 0 radical (unpaired) electrons. The van der Waals surface area contributed by atoms with Crippen molar-refractivity contribution in [2.45, 2.75) is 53.5 Å². The minimum atomic E-state index is -0.0945. The summed E-state index contributed by atoms with van der Waals surface area (Å²) in [6.07, 6.45) is 3.36. The molecule has 76 valence electrons. The summed E-state index contributed by atoms with van der Waals surface area (Å²) >= 11 is 0. The van der Waals surface area contributed by atoms with Crippen LogP contribution in [0, 0.1) is 5.41 Å². The highest BCUT2D eigenvalue weighted by Gasteiger charge is 2.36. The van der Waals surface area contributed by atoms with Gasteiger partial charge in [0.25, 0.3) is 0 Å². The lowest BCUT2D eigenvalue weighted by Crippen LogP contribution is -2.38. The second-order valence-corrected chi connectivity index (χ2v) is 4.64. The third-order valence-corrected chi connectivity index (χ3v) is 3.42. The van der Waals surface area contributed by atoms with Crippen LogP contribution >= 0.6 is 0 Å². The lowest BCUT2D eigenvalue weighted by atomic mass is 9.70. The molecular formula is C12H23N. The monoisotopic (exact) mass is 181 g/mol. The summed E-state index contributed by atoms with van der Waals surface area (Å²) in [5.74, 6) is 0. The Kier molecular flexibility index (Phi) is 3.89. The van der Waals surface area contributed by atoms with Crippen LogP contribution in [0.15, 0.2) is 16.6 Å². The fraction of sp³-hybridized carbons (Fsp3) is 0.750. The Hall–Kier alpha value is -0.590. The van der Waals surface area contributed by atoms with Gasteiger partial charge in [-0.2, -0.15) is 0 Å². The predicted molar refractivity (Wildman–Crippen MR) is 61.5 cm³/mol. The van der Waals surface area contributed by atoms with Crippen LogP contribution in [0.5, 0.6) is 0 Å². The van der Waals surface area contributed by atoms with E-state index in [1.807, 2.05) is 0 Å². The summed E-state index contributed by atoms with van der Waals surface area (Å²) < 4.78 is 0. The van der Waals surface area contributed by atoms with Crippen molar-refractivity contribution < 1.29 is 0 Å². The van der Waals surface area contributed by atoms with Crippen LogP contribution in [0.1, 0.15) is 48.0 Å². The molecule has 0 aromatic rings. The van der Waals surface area contributed by atoms with Crippen LogP contribution in [-0.2, 0) is 0 Å². The second-order valence-electron chi connectivity index (χ2n) is 4.64. The normalized spacial score (nSPS) is 14.5. The first-order valence-electron chi connectivity index (χ1n) is 4.94. The Bertz CT molecular complexity index is 209. The zero-order chi connectivity index (χ0) is 10.7. The maximum absolute atomic E-state index is 4.20. The third kappa shape index (κ3) is 2.43. The fourth-order valence-corrected chi connectivity index (χ4v) is 1.24. The van der Waals surface area contributed by atoms with Gasteiger partial charge in [0, 0.05) is 5.41 Å². The standard InChI is InChI=1S/C12H23N/c1-8-9-10(2)11(3,4)12(5,6)13-7/h9H,7-8H2,1-6H3/b10-9+. The van der Waals surface area contributed by atoms with Gasteiger partial charge in [0.2, 0.25) is 0 Å². The average Bonchev–Trinajstić information content (AvgIpc) is 2.04. The van der Waals surface area contributed by atoms with Crippen LogP contribution < -0.4 is 0 Å². The zero-order valence-corrected chi connectivity index (χ0v) is 9.94. The van der Waals surface area contributed by atoms with Crippen LogP contribution in [0.2, 0.25) is 0 Å². The highest BCUT2D eigenvalue weighted by atomic mass is 14.8. The van der Waals surface area contributed by atoms with E-state index in [9.17, 15) is 0 Å². The Morgan fingerprint density at radius 1 is 1.31 bits per heavy atom. The molecular weight excluding hydrogens is 158 g/mol. The first-order valence-corrected chi connectivity index (χ1v) is 4.94. The van der Waals surface area contributed by atoms with Gasteiger partial charge < -0.3 is 0 Å². The fourth-order valence-electron chi connectivity index (χ4n) is 1.24. The lowest BCUT2D eigenvalue weighted by Gasteiger charge is -2.39. The molecule has 0 unspecified atom stereocenters. The minimum absolute atomic E-state index is 0.0881. The first kappa shape index (κ1) is 12.4. The summed E-state index contributed by atoms with van der Waals surface area (Å²) in [5, 5.41) is 0. The lowest BCUT2D eigenvalue weighted by molar-refractivity contribution is 0.257. The Morgan fingerprint density at radius 3 is 2.08 bits per heavy atom. The van der Waals surface area contributed by atoms with E-state index < -0.39 is 0 Å². The molecule has 0 fully saturated rings. The molecule has 0 N–H and O–H groups in total. The minimum Gasteiger partial charge on any atom is -0.294 e. The van der Waals surface area contributed by atoms with Crippen LogP contribution in [0.4, 0.5) is 0 Å². The van der Waals surface area contributed by atoms with Crippen molar-refractivity contribution in [2.75, 3.05) is 0 Å². The van der Waals surface area contributed by atoms with E-state index in [0.29, 0.717) is 0 Å². The van der Waals surface area contributed by atoms with Crippen molar-refractivity contribution in [1.82, 2.24) is 0 Å². The molecule has 0 bridgehead atoms. The molecule has 0 spiro atoms. The molecule has 0 aliphatic heterocycles. The Labute approximate surface area is 83.0 Å². The second kappa shape index (κ2) is 4.08. The molecule has 0 aliphatic rings. The number of nitrogens with zero attached hydrogens (tertiary/aromatic N) is 1.